The number of hydrogen-bond donors (Lipinski definition) is 1. The van der Waals surface area contributed by atoms with Crippen molar-refractivity contribution in [1.82, 2.24) is 0 Å². The monoisotopic (exact) mass is 181 g/mol. The first-order chi connectivity index (χ1) is 6.09. The van der Waals surface area contributed by atoms with Crippen LogP contribution in [0.2, 0.25) is 0 Å². The first kappa shape index (κ1) is 9.86. The number of Topliss-reactive ketones (excluding diaryl/α,β-unsaturated/α-hetero) is 1. The summed E-state index contributed by atoms with van der Waals surface area (Å²) in [5.74, 6) is -0.382. The normalized spacial score (nSPS) is 12.5. The Morgan fingerprint density at radius 1 is 1.46 bits per heavy atom. The quantitative estimate of drug-likeness (QED) is 0.722. The summed E-state index contributed by atoms with van der Waals surface area (Å²) >= 11 is 0. The number of carbonyl (C=O) groups excluding carboxylic acids is 1. The molecule has 1 aromatic carbocycles. The van der Waals surface area contributed by atoms with E-state index in [1.807, 2.05) is 0 Å². The van der Waals surface area contributed by atoms with E-state index >= 15 is 0 Å². The fraction of sp³-hybridized carbons (Fsp3) is 0.300. The van der Waals surface area contributed by atoms with E-state index < -0.39 is 0 Å². The summed E-state index contributed by atoms with van der Waals surface area (Å²) < 4.78 is 12.5. The highest BCUT2D eigenvalue weighted by atomic mass is 19.1. The Hall–Kier alpha value is -1.22. The SMILES string of the molecule is CC(N)CC(=O)c1ccc(F)cc1. The van der Waals surface area contributed by atoms with Crippen molar-refractivity contribution in [3.05, 3.63) is 35.6 Å². The number of hydrogen-bond acceptors (Lipinski definition) is 2. The van der Waals surface area contributed by atoms with Gasteiger partial charge in [-0.05, 0) is 31.2 Å². The summed E-state index contributed by atoms with van der Waals surface area (Å²) in [5, 5.41) is 0. The molecule has 0 bridgehead atoms. The molecule has 1 rings (SSSR count). The zero-order valence-electron chi connectivity index (χ0n) is 7.46. The van der Waals surface area contributed by atoms with E-state index in [1.54, 1.807) is 6.92 Å². The largest absolute Gasteiger partial charge is 0.328 e. The number of ketones is 1. The van der Waals surface area contributed by atoms with Gasteiger partial charge in [-0.15, -0.1) is 0 Å². The van der Waals surface area contributed by atoms with Crippen LogP contribution in [0.1, 0.15) is 23.7 Å². The fourth-order valence-corrected chi connectivity index (χ4v) is 1.05. The summed E-state index contributed by atoms with van der Waals surface area (Å²) in [6.45, 7) is 1.77. The molecule has 0 fully saturated rings. The lowest BCUT2D eigenvalue weighted by molar-refractivity contribution is 0.0976. The molecule has 0 heterocycles. The summed E-state index contributed by atoms with van der Waals surface area (Å²) in [6, 6.07) is 5.33. The molecule has 0 radical (unpaired) electrons. The summed E-state index contributed by atoms with van der Waals surface area (Å²) in [7, 11) is 0. The van der Waals surface area contributed by atoms with Crippen LogP contribution in [0, 0.1) is 5.82 Å². The Bertz CT molecular complexity index is 292. The van der Waals surface area contributed by atoms with Gasteiger partial charge in [-0.3, -0.25) is 4.79 Å². The van der Waals surface area contributed by atoms with Crippen molar-refractivity contribution in [2.45, 2.75) is 19.4 Å². The van der Waals surface area contributed by atoms with Crippen LogP contribution in [0.15, 0.2) is 24.3 Å². The number of benzene rings is 1. The smallest absolute Gasteiger partial charge is 0.164 e. The number of halogens is 1. The lowest BCUT2D eigenvalue weighted by Crippen LogP contribution is -2.19. The Labute approximate surface area is 76.6 Å². The average Bonchev–Trinajstić information content (AvgIpc) is 2.04. The molecule has 0 aliphatic carbocycles. The number of carbonyl (C=O) groups is 1. The lowest BCUT2D eigenvalue weighted by atomic mass is 10.1. The molecule has 2 N–H and O–H groups in total. The van der Waals surface area contributed by atoms with E-state index in [0.717, 1.165) is 0 Å². The molecule has 70 valence electrons. The van der Waals surface area contributed by atoms with Crippen molar-refractivity contribution in [3.8, 4) is 0 Å². The predicted octanol–water partition coefficient (Wildman–Crippen LogP) is 1.75. The number of rotatable bonds is 3. The van der Waals surface area contributed by atoms with Crippen LogP contribution in [-0.4, -0.2) is 11.8 Å². The first-order valence-electron chi connectivity index (χ1n) is 4.14. The van der Waals surface area contributed by atoms with E-state index in [2.05, 4.69) is 0 Å². The Kier molecular flexibility index (Phi) is 3.14. The van der Waals surface area contributed by atoms with Gasteiger partial charge in [0.2, 0.25) is 0 Å². The highest BCUT2D eigenvalue weighted by Crippen LogP contribution is 2.06. The van der Waals surface area contributed by atoms with Gasteiger partial charge < -0.3 is 5.73 Å². The van der Waals surface area contributed by atoms with Gasteiger partial charge in [-0.25, -0.2) is 4.39 Å². The molecule has 0 spiro atoms. The average molecular weight is 181 g/mol. The van der Waals surface area contributed by atoms with Crippen molar-refractivity contribution in [2.75, 3.05) is 0 Å². The van der Waals surface area contributed by atoms with E-state index in [-0.39, 0.29) is 17.6 Å². The summed E-state index contributed by atoms with van der Waals surface area (Å²) in [5.41, 5.74) is 5.98. The van der Waals surface area contributed by atoms with Crippen molar-refractivity contribution in [1.29, 1.82) is 0 Å². The van der Waals surface area contributed by atoms with E-state index in [4.69, 9.17) is 5.73 Å². The molecule has 3 heteroatoms. The highest BCUT2D eigenvalue weighted by molar-refractivity contribution is 5.96. The van der Waals surface area contributed by atoms with Gasteiger partial charge in [0.25, 0.3) is 0 Å². The fourth-order valence-electron chi connectivity index (χ4n) is 1.05. The van der Waals surface area contributed by atoms with Gasteiger partial charge >= 0.3 is 0 Å². The van der Waals surface area contributed by atoms with E-state index in [1.165, 1.54) is 24.3 Å². The standard InChI is InChI=1S/C10H12FNO/c1-7(12)6-10(13)8-2-4-9(11)5-3-8/h2-5,7H,6,12H2,1H3. The summed E-state index contributed by atoms with van der Waals surface area (Å²) in [4.78, 5) is 11.4. The Morgan fingerprint density at radius 3 is 2.46 bits per heavy atom. The van der Waals surface area contributed by atoms with Crippen molar-refractivity contribution in [3.63, 3.8) is 0 Å². The molecule has 1 unspecified atom stereocenters. The van der Waals surface area contributed by atoms with Gasteiger partial charge in [-0.2, -0.15) is 0 Å². The molecular formula is C10H12FNO. The van der Waals surface area contributed by atoms with Crippen LogP contribution >= 0.6 is 0 Å². The third kappa shape index (κ3) is 2.95. The van der Waals surface area contributed by atoms with Gasteiger partial charge in [0.15, 0.2) is 5.78 Å². The maximum absolute atomic E-state index is 12.5. The maximum atomic E-state index is 12.5. The number of nitrogens with two attached hydrogens (primary N) is 1. The minimum absolute atomic E-state index is 0.0463. The van der Waals surface area contributed by atoms with E-state index in [9.17, 15) is 9.18 Å². The van der Waals surface area contributed by atoms with Gasteiger partial charge in [-0.1, -0.05) is 0 Å². The van der Waals surface area contributed by atoms with Gasteiger partial charge in [0.05, 0.1) is 0 Å². The van der Waals surface area contributed by atoms with Gasteiger partial charge in [0, 0.05) is 18.0 Å². The van der Waals surface area contributed by atoms with Gasteiger partial charge in [0.1, 0.15) is 5.82 Å². The minimum Gasteiger partial charge on any atom is -0.328 e. The molecule has 0 aliphatic heterocycles. The van der Waals surface area contributed by atoms with Crippen LogP contribution in [-0.2, 0) is 0 Å². The topological polar surface area (TPSA) is 43.1 Å². The second kappa shape index (κ2) is 4.14. The summed E-state index contributed by atoms with van der Waals surface area (Å²) in [6.07, 6.45) is 0.297. The molecule has 0 aliphatic rings. The molecule has 13 heavy (non-hydrogen) atoms. The molecule has 0 saturated carbocycles. The third-order valence-corrected chi connectivity index (χ3v) is 1.67. The molecular weight excluding hydrogens is 169 g/mol. The highest BCUT2D eigenvalue weighted by Gasteiger charge is 2.07. The molecule has 0 aromatic heterocycles. The van der Waals surface area contributed by atoms with Crippen LogP contribution in [0.25, 0.3) is 0 Å². The second-order valence-electron chi connectivity index (χ2n) is 3.11. The Balaban J connectivity index is 2.72. The van der Waals surface area contributed by atoms with Crippen molar-refractivity contribution >= 4 is 5.78 Å². The zero-order valence-corrected chi connectivity index (χ0v) is 7.46. The maximum Gasteiger partial charge on any atom is 0.164 e. The molecule has 0 amide bonds. The predicted molar refractivity (Wildman–Crippen MR) is 49.0 cm³/mol. The Morgan fingerprint density at radius 2 is 2.00 bits per heavy atom. The molecule has 0 saturated heterocycles. The first-order valence-corrected chi connectivity index (χ1v) is 4.14. The second-order valence-corrected chi connectivity index (χ2v) is 3.11. The van der Waals surface area contributed by atoms with Crippen molar-refractivity contribution in [2.24, 2.45) is 5.73 Å². The van der Waals surface area contributed by atoms with Crippen LogP contribution in [0.4, 0.5) is 4.39 Å². The van der Waals surface area contributed by atoms with Crippen LogP contribution in [0.3, 0.4) is 0 Å². The molecule has 1 aromatic rings. The van der Waals surface area contributed by atoms with Crippen LogP contribution in [0.5, 0.6) is 0 Å². The lowest BCUT2D eigenvalue weighted by Gasteiger charge is -2.03. The molecule has 2 nitrogen and oxygen atoms in total. The van der Waals surface area contributed by atoms with Crippen molar-refractivity contribution < 1.29 is 9.18 Å². The third-order valence-electron chi connectivity index (χ3n) is 1.67. The van der Waals surface area contributed by atoms with E-state index in [0.29, 0.717) is 12.0 Å². The zero-order chi connectivity index (χ0) is 9.84. The molecule has 1 atom stereocenters. The minimum atomic E-state index is -0.336. The van der Waals surface area contributed by atoms with Crippen LogP contribution < -0.4 is 5.73 Å².